The van der Waals surface area contributed by atoms with E-state index in [-0.39, 0.29) is 12.6 Å². The van der Waals surface area contributed by atoms with Gasteiger partial charge in [-0.25, -0.2) is 4.79 Å². The molecule has 154 valence electrons. The third kappa shape index (κ3) is 10.2. The molecule has 0 unspecified atom stereocenters. The minimum absolute atomic E-state index is 0.0299. The molecule has 0 aromatic heterocycles. The molecule has 1 N–H and O–H groups in total. The van der Waals surface area contributed by atoms with Gasteiger partial charge in [-0.15, -0.1) is 0 Å². The number of nitrogens with zero attached hydrogens (tertiary/aromatic N) is 3. The maximum absolute atomic E-state index is 12.1. The van der Waals surface area contributed by atoms with Crippen LogP contribution in [0.4, 0.5) is 18.0 Å². The normalized spacial score (nSPS) is 16.3. The number of piperazine rings is 1. The first-order valence-corrected chi connectivity index (χ1v) is 9.47. The number of hydrogen-bond donors (Lipinski definition) is 1. The molecule has 1 rings (SSSR count). The number of carbonyl (C=O) groups is 1. The maximum Gasteiger partial charge on any atom is 0.411 e. The predicted octanol–water partition coefficient (Wildman–Crippen LogP) is 2.01. The molecule has 0 spiro atoms. The quantitative estimate of drug-likeness (QED) is 0.556. The Bertz CT molecular complexity index is 385. The number of hydrogen-bond acceptors (Lipinski definition) is 4. The van der Waals surface area contributed by atoms with E-state index in [0.717, 1.165) is 39.1 Å². The zero-order valence-corrected chi connectivity index (χ0v) is 16.0. The van der Waals surface area contributed by atoms with Gasteiger partial charge in [0, 0.05) is 45.9 Å². The minimum atomic E-state index is -4.26. The first-order chi connectivity index (χ1) is 12.4. The Morgan fingerprint density at radius 3 is 2.35 bits per heavy atom. The Morgan fingerprint density at radius 2 is 1.77 bits per heavy atom. The van der Waals surface area contributed by atoms with Gasteiger partial charge in [0.15, 0.2) is 0 Å². The molecular weight excluding hydrogens is 349 g/mol. The maximum atomic E-state index is 12.1. The van der Waals surface area contributed by atoms with Gasteiger partial charge in [-0.2, -0.15) is 13.2 Å². The number of alkyl halides is 3. The zero-order valence-electron chi connectivity index (χ0n) is 16.0. The Morgan fingerprint density at radius 1 is 1.12 bits per heavy atom. The number of carbonyl (C=O) groups excluding carboxylic acids is 1. The first kappa shape index (κ1) is 23.0. The number of ether oxygens (including phenoxy) is 1. The fraction of sp³-hybridized carbons (Fsp3) is 0.941. The molecule has 1 fully saturated rings. The van der Waals surface area contributed by atoms with Crippen molar-refractivity contribution in [2.24, 2.45) is 0 Å². The smallest absolute Gasteiger partial charge is 0.372 e. The number of halogens is 3. The third-order valence-corrected chi connectivity index (χ3v) is 4.51. The van der Waals surface area contributed by atoms with Gasteiger partial charge in [-0.05, 0) is 32.5 Å². The van der Waals surface area contributed by atoms with E-state index < -0.39 is 12.8 Å². The molecule has 1 aliphatic rings. The molecule has 1 saturated heterocycles. The summed E-state index contributed by atoms with van der Waals surface area (Å²) in [6.07, 6.45) is -2.76. The summed E-state index contributed by atoms with van der Waals surface area (Å²) in [6, 6.07) is -0.0299. The highest BCUT2D eigenvalue weighted by molar-refractivity contribution is 5.74. The zero-order chi connectivity index (χ0) is 19.4. The summed E-state index contributed by atoms with van der Waals surface area (Å²) >= 11 is 0. The van der Waals surface area contributed by atoms with Gasteiger partial charge in [0.05, 0.1) is 0 Å². The van der Waals surface area contributed by atoms with E-state index in [1.165, 1.54) is 0 Å². The molecule has 0 bridgehead atoms. The Labute approximate surface area is 154 Å². The fourth-order valence-corrected chi connectivity index (χ4v) is 2.90. The molecule has 0 radical (unpaired) electrons. The second kappa shape index (κ2) is 12.3. The Kier molecular flexibility index (Phi) is 10.9. The number of amides is 2. The number of rotatable bonds is 11. The molecule has 0 aromatic carbocycles. The van der Waals surface area contributed by atoms with Crippen LogP contribution in [0.2, 0.25) is 0 Å². The van der Waals surface area contributed by atoms with Crippen molar-refractivity contribution in [3.8, 4) is 0 Å². The molecule has 6 nitrogen and oxygen atoms in total. The van der Waals surface area contributed by atoms with Gasteiger partial charge in [0.1, 0.15) is 6.61 Å². The predicted molar refractivity (Wildman–Crippen MR) is 95.3 cm³/mol. The van der Waals surface area contributed by atoms with Crippen molar-refractivity contribution in [1.29, 1.82) is 0 Å². The van der Waals surface area contributed by atoms with E-state index in [1.807, 2.05) is 0 Å². The van der Waals surface area contributed by atoms with Crippen LogP contribution in [-0.4, -0.2) is 99.0 Å². The lowest BCUT2D eigenvalue weighted by molar-refractivity contribution is -0.174. The van der Waals surface area contributed by atoms with Crippen molar-refractivity contribution in [3.05, 3.63) is 0 Å². The van der Waals surface area contributed by atoms with Crippen molar-refractivity contribution in [1.82, 2.24) is 20.0 Å². The van der Waals surface area contributed by atoms with Gasteiger partial charge in [0.2, 0.25) is 0 Å². The molecule has 1 aliphatic heterocycles. The van der Waals surface area contributed by atoms with Gasteiger partial charge < -0.3 is 19.9 Å². The van der Waals surface area contributed by atoms with E-state index in [2.05, 4.69) is 33.7 Å². The van der Waals surface area contributed by atoms with Crippen molar-refractivity contribution in [2.45, 2.75) is 32.9 Å². The van der Waals surface area contributed by atoms with Crippen LogP contribution >= 0.6 is 0 Å². The SMILES string of the molecule is CCN(CC)CCCNC(=O)N1CCN(CCCOCC(F)(F)F)CC1. The molecule has 0 aromatic rings. The monoisotopic (exact) mass is 382 g/mol. The van der Waals surface area contributed by atoms with Crippen LogP contribution in [0.1, 0.15) is 26.7 Å². The number of urea groups is 1. The van der Waals surface area contributed by atoms with E-state index in [4.69, 9.17) is 0 Å². The molecule has 0 saturated carbocycles. The molecule has 2 amide bonds. The number of nitrogens with one attached hydrogen (secondary N) is 1. The van der Waals surface area contributed by atoms with Gasteiger partial charge in [-0.1, -0.05) is 13.8 Å². The summed E-state index contributed by atoms with van der Waals surface area (Å²) in [4.78, 5) is 18.4. The molecule has 26 heavy (non-hydrogen) atoms. The largest absolute Gasteiger partial charge is 0.411 e. The summed E-state index contributed by atoms with van der Waals surface area (Å²) in [5.74, 6) is 0. The molecule has 0 atom stereocenters. The first-order valence-electron chi connectivity index (χ1n) is 9.47. The van der Waals surface area contributed by atoms with Crippen molar-refractivity contribution >= 4 is 6.03 Å². The summed E-state index contributed by atoms with van der Waals surface area (Å²) in [6.45, 7) is 10.3. The Balaban J connectivity index is 2.07. The molecular formula is C17H33F3N4O2. The van der Waals surface area contributed by atoms with Crippen molar-refractivity contribution < 1.29 is 22.7 Å². The molecule has 1 heterocycles. The standard InChI is InChI=1S/C17H33F3N4O2/c1-3-22(4-2)8-5-7-21-16(25)24-12-10-23(11-13-24)9-6-14-26-15-17(18,19)20/h3-15H2,1-2H3,(H,21,25). The third-order valence-electron chi connectivity index (χ3n) is 4.51. The highest BCUT2D eigenvalue weighted by atomic mass is 19.4. The van der Waals surface area contributed by atoms with Crippen LogP contribution in [0.3, 0.4) is 0 Å². The van der Waals surface area contributed by atoms with Crippen molar-refractivity contribution in [3.63, 3.8) is 0 Å². The van der Waals surface area contributed by atoms with Gasteiger partial charge in [0.25, 0.3) is 0 Å². The van der Waals surface area contributed by atoms with E-state index in [1.54, 1.807) is 4.90 Å². The average molecular weight is 382 g/mol. The lowest BCUT2D eigenvalue weighted by Crippen LogP contribution is -2.52. The van der Waals surface area contributed by atoms with Crippen LogP contribution in [0.15, 0.2) is 0 Å². The van der Waals surface area contributed by atoms with E-state index in [9.17, 15) is 18.0 Å². The topological polar surface area (TPSA) is 48.1 Å². The average Bonchev–Trinajstić information content (AvgIpc) is 2.61. The summed E-state index contributed by atoms with van der Waals surface area (Å²) in [7, 11) is 0. The van der Waals surface area contributed by atoms with Crippen LogP contribution in [0, 0.1) is 0 Å². The van der Waals surface area contributed by atoms with Crippen LogP contribution in [-0.2, 0) is 4.74 Å². The molecule has 9 heteroatoms. The summed E-state index contributed by atoms with van der Waals surface area (Å²) in [5.41, 5.74) is 0. The van der Waals surface area contributed by atoms with Crippen LogP contribution < -0.4 is 5.32 Å². The lowest BCUT2D eigenvalue weighted by atomic mass is 10.3. The van der Waals surface area contributed by atoms with Crippen LogP contribution in [0.25, 0.3) is 0 Å². The minimum Gasteiger partial charge on any atom is -0.372 e. The van der Waals surface area contributed by atoms with E-state index in [0.29, 0.717) is 32.6 Å². The van der Waals surface area contributed by atoms with Gasteiger partial charge >= 0.3 is 12.2 Å². The van der Waals surface area contributed by atoms with E-state index >= 15 is 0 Å². The Hall–Kier alpha value is -1.06. The lowest BCUT2D eigenvalue weighted by Gasteiger charge is -2.34. The van der Waals surface area contributed by atoms with Crippen LogP contribution in [0.5, 0.6) is 0 Å². The second-order valence-electron chi connectivity index (χ2n) is 6.46. The summed E-state index contributed by atoms with van der Waals surface area (Å²) in [5, 5.41) is 2.96. The molecule has 0 aliphatic carbocycles. The van der Waals surface area contributed by atoms with Crippen molar-refractivity contribution in [2.75, 3.05) is 72.1 Å². The highest BCUT2D eigenvalue weighted by Gasteiger charge is 2.27. The highest BCUT2D eigenvalue weighted by Crippen LogP contribution is 2.14. The van der Waals surface area contributed by atoms with Gasteiger partial charge in [-0.3, -0.25) is 4.90 Å². The second-order valence-corrected chi connectivity index (χ2v) is 6.46. The summed E-state index contributed by atoms with van der Waals surface area (Å²) < 4.78 is 40.5. The fourth-order valence-electron chi connectivity index (χ4n) is 2.90.